The van der Waals surface area contributed by atoms with E-state index in [4.69, 9.17) is 0 Å². The van der Waals surface area contributed by atoms with Crippen LogP contribution < -0.4 is 10.7 Å². The molecule has 0 unspecified atom stereocenters. The van der Waals surface area contributed by atoms with Gasteiger partial charge < -0.3 is 5.32 Å². The van der Waals surface area contributed by atoms with Gasteiger partial charge in [0.15, 0.2) is 0 Å². The molecule has 0 aromatic carbocycles. The third kappa shape index (κ3) is 3.33. The molecule has 5 heteroatoms. The monoisotopic (exact) mass is 178 g/mol. The first-order chi connectivity index (χ1) is 6.33. The minimum absolute atomic E-state index is 0.342. The summed E-state index contributed by atoms with van der Waals surface area (Å²) in [5.74, 6) is 0. The van der Waals surface area contributed by atoms with E-state index in [1.54, 1.807) is 24.5 Å². The number of carbonyl (C=O) groups is 1. The van der Waals surface area contributed by atoms with Gasteiger partial charge in [0.05, 0.1) is 6.21 Å². The van der Waals surface area contributed by atoms with Crippen molar-refractivity contribution in [3.8, 4) is 0 Å². The molecule has 2 N–H and O–H groups in total. The number of hydrogen-bond donors (Lipinski definition) is 2. The Kier molecular flexibility index (Phi) is 3.44. The average Bonchev–Trinajstić information content (AvgIpc) is 2.19. The summed E-state index contributed by atoms with van der Waals surface area (Å²) in [5, 5.41) is 6.07. The van der Waals surface area contributed by atoms with Gasteiger partial charge >= 0.3 is 6.03 Å². The molecule has 0 aliphatic rings. The predicted octanol–water partition coefficient (Wildman–Crippen LogP) is 0.344. The van der Waals surface area contributed by atoms with Crippen molar-refractivity contribution in [3.63, 3.8) is 0 Å². The zero-order valence-electron chi connectivity index (χ0n) is 7.19. The molecule has 0 fully saturated rings. The number of nitrogens with one attached hydrogen (secondary N) is 2. The molecular weight excluding hydrogens is 168 g/mol. The van der Waals surface area contributed by atoms with E-state index in [9.17, 15) is 4.79 Å². The fraction of sp³-hybridized carbons (Fsp3) is 0.125. The summed E-state index contributed by atoms with van der Waals surface area (Å²) in [6.45, 7) is 0. The van der Waals surface area contributed by atoms with Gasteiger partial charge in [-0.2, -0.15) is 5.10 Å². The van der Waals surface area contributed by atoms with E-state index in [0.29, 0.717) is 0 Å². The van der Waals surface area contributed by atoms with Gasteiger partial charge in [-0.1, -0.05) is 0 Å². The van der Waals surface area contributed by atoms with Crippen molar-refractivity contribution in [2.24, 2.45) is 5.10 Å². The summed E-state index contributed by atoms with van der Waals surface area (Å²) in [7, 11) is 1.53. The minimum atomic E-state index is -0.342. The van der Waals surface area contributed by atoms with E-state index < -0.39 is 0 Å². The third-order valence-electron chi connectivity index (χ3n) is 1.31. The van der Waals surface area contributed by atoms with Crippen LogP contribution in [0.2, 0.25) is 0 Å². The quantitative estimate of drug-likeness (QED) is 0.506. The number of aromatic nitrogens is 1. The molecule has 0 spiro atoms. The Morgan fingerprint density at radius 3 is 2.85 bits per heavy atom. The number of carbonyl (C=O) groups excluding carboxylic acids is 1. The topological polar surface area (TPSA) is 66.4 Å². The molecule has 2 amide bonds. The van der Waals surface area contributed by atoms with Crippen LogP contribution in [0.1, 0.15) is 5.56 Å². The first-order valence-electron chi connectivity index (χ1n) is 3.74. The highest BCUT2D eigenvalue weighted by atomic mass is 16.2. The predicted molar refractivity (Wildman–Crippen MR) is 49.4 cm³/mol. The lowest BCUT2D eigenvalue weighted by Crippen LogP contribution is -2.28. The van der Waals surface area contributed by atoms with E-state index in [1.165, 1.54) is 13.3 Å². The van der Waals surface area contributed by atoms with Gasteiger partial charge in [-0.3, -0.25) is 4.98 Å². The maximum absolute atomic E-state index is 10.7. The number of nitrogens with zero attached hydrogens (tertiary/aromatic N) is 2. The molecule has 68 valence electrons. The number of pyridine rings is 1. The molecule has 1 heterocycles. The van der Waals surface area contributed by atoms with Crippen molar-refractivity contribution in [2.45, 2.75) is 0 Å². The van der Waals surface area contributed by atoms with Gasteiger partial charge in [0.25, 0.3) is 0 Å². The van der Waals surface area contributed by atoms with Crippen LogP contribution >= 0.6 is 0 Å². The summed E-state index contributed by atoms with van der Waals surface area (Å²) in [6, 6.07) is 3.23. The van der Waals surface area contributed by atoms with E-state index >= 15 is 0 Å². The molecule has 0 saturated carbocycles. The van der Waals surface area contributed by atoms with Crippen LogP contribution in [-0.2, 0) is 0 Å². The SMILES string of the molecule is CNC(=O)N/N=C/c1ccncc1. The van der Waals surface area contributed by atoms with E-state index in [-0.39, 0.29) is 6.03 Å². The molecule has 5 nitrogen and oxygen atoms in total. The number of rotatable bonds is 2. The first kappa shape index (κ1) is 9.18. The Bertz CT molecular complexity index is 296. The Morgan fingerprint density at radius 2 is 2.23 bits per heavy atom. The van der Waals surface area contributed by atoms with Crippen molar-refractivity contribution in [3.05, 3.63) is 30.1 Å². The molecule has 1 aromatic rings. The molecule has 1 rings (SSSR count). The van der Waals surface area contributed by atoms with Crippen LogP contribution in [0.5, 0.6) is 0 Å². The van der Waals surface area contributed by atoms with Gasteiger partial charge in [0.1, 0.15) is 0 Å². The summed E-state index contributed by atoms with van der Waals surface area (Å²) in [5.41, 5.74) is 3.16. The lowest BCUT2D eigenvalue weighted by atomic mass is 10.3. The largest absolute Gasteiger partial charge is 0.340 e. The zero-order valence-corrected chi connectivity index (χ0v) is 7.19. The second-order valence-electron chi connectivity index (χ2n) is 2.23. The lowest BCUT2D eigenvalue weighted by molar-refractivity contribution is 0.243. The van der Waals surface area contributed by atoms with Crippen LogP contribution in [-0.4, -0.2) is 24.3 Å². The molecule has 0 radical (unpaired) electrons. The second kappa shape index (κ2) is 4.87. The van der Waals surface area contributed by atoms with Crippen LogP contribution in [0.15, 0.2) is 29.6 Å². The molecule has 1 aromatic heterocycles. The smallest absolute Gasteiger partial charge is 0.334 e. The Labute approximate surface area is 75.9 Å². The van der Waals surface area contributed by atoms with Crippen molar-refractivity contribution in [1.82, 2.24) is 15.7 Å². The van der Waals surface area contributed by atoms with Crippen molar-refractivity contribution >= 4 is 12.2 Å². The maximum atomic E-state index is 10.7. The van der Waals surface area contributed by atoms with Crippen LogP contribution in [0, 0.1) is 0 Å². The molecule has 13 heavy (non-hydrogen) atoms. The Hall–Kier alpha value is -1.91. The van der Waals surface area contributed by atoms with Crippen molar-refractivity contribution in [2.75, 3.05) is 7.05 Å². The minimum Gasteiger partial charge on any atom is -0.340 e. The maximum Gasteiger partial charge on any atom is 0.334 e. The fourth-order valence-electron chi connectivity index (χ4n) is 0.671. The Morgan fingerprint density at radius 1 is 1.54 bits per heavy atom. The summed E-state index contributed by atoms with van der Waals surface area (Å²) >= 11 is 0. The Balaban J connectivity index is 2.45. The van der Waals surface area contributed by atoms with Crippen LogP contribution in [0.25, 0.3) is 0 Å². The van der Waals surface area contributed by atoms with Gasteiger partial charge in [-0.05, 0) is 17.7 Å². The van der Waals surface area contributed by atoms with E-state index in [1.807, 2.05) is 0 Å². The highest BCUT2D eigenvalue weighted by Crippen LogP contribution is 1.89. The average molecular weight is 178 g/mol. The van der Waals surface area contributed by atoms with Gasteiger partial charge in [0, 0.05) is 19.4 Å². The molecule has 0 aliphatic heterocycles. The summed E-state index contributed by atoms with van der Waals surface area (Å²) < 4.78 is 0. The zero-order chi connectivity index (χ0) is 9.52. The highest BCUT2D eigenvalue weighted by molar-refractivity contribution is 5.81. The van der Waals surface area contributed by atoms with Crippen LogP contribution in [0.3, 0.4) is 0 Å². The number of hydrogen-bond acceptors (Lipinski definition) is 3. The number of amides is 2. The third-order valence-corrected chi connectivity index (χ3v) is 1.31. The van der Waals surface area contributed by atoms with Crippen molar-refractivity contribution in [1.29, 1.82) is 0 Å². The van der Waals surface area contributed by atoms with Gasteiger partial charge in [-0.15, -0.1) is 0 Å². The van der Waals surface area contributed by atoms with E-state index in [2.05, 4.69) is 20.8 Å². The molecule has 0 aliphatic carbocycles. The van der Waals surface area contributed by atoms with Crippen molar-refractivity contribution < 1.29 is 4.79 Å². The fourth-order valence-corrected chi connectivity index (χ4v) is 0.671. The molecule has 0 saturated heterocycles. The normalized spacial score (nSPS) is 9.92. The summed E-state index contributed by atoms with van der Waals surface area (Å²) in [6.07, 6.45) is 4.85. The standard InChI is InChI=1S/C8H10N4O/c1-9-8(13)12-11-6-7-2-4-10-5-3-7/h2-6H,1H3,(H2,9,12,13)/b11-6+. The molecular formula is C8H10N4O. The lowest BCUT2D eigenvalue weighted by Gasteiger charge is -1.95. The van der Waals surface area contributed by atoms with Crippen LogP contribution in [0.4, 0.5) is 4.79 Å². The van der Waals surface area contributed by atoms with Gasteiger partial charge in [-0.25, -0.2) is 10.2 Å². The molecule has 0 bridgehead atoms. The molecule has 0 atom stereocenters. The first-order valence-corrected chi connectivity index (χ1v) is 3.74. The number of hydrazone groups is 1. The highest BCUT2D eigenvalue weighted by Gasteiger charge is 1.89. The van der Waals surface area contributed by atoms with E-state index in [0.717, 1.165) is 5.56 Å². The number of urea groups is 1. The summed E-state index contributed by atoms with van der Waals surface area (Å²) in [4.78, 5) is 14.5. The van der Waals surface area contributed by atoms with Gasteiger partial charge in [0.2, 0.25) is 0 Å². The second-order valence-corrected chi connectivity index (χ2v) is 2.23.